The second kappa shape index (κ2) is 9.80. The Kier molecular flexibility index (Phi) is 7.30. The molecule has 1 aromatic carbocycles. The number of nitrogens with zero attached hydrogens (tertiary/aromatic N) is 2. The molecule has 174 valence electrons. The quantitative estimate of drug-likeness (QED) is 0.588. The fraction of sp³-hybridized carbons (Fsp3) is 0.778. The van der Waals surface area contributed by atoms with Gasteiger partial charge in [0.15, 0.2) is 0 Å². The Morgan fingerprint density at radius 3 is 2.68 bits per heavy atom. The average Bonchev–Trinajstić information content (AvgIpc) is 3.10. The second-order valence-corrected chi connectivity index (χ2v) is 11.0. The second-order valence-electron chi connectivity index (χ2n) is 11.0. The average molecular weight is 428 g/mol. The molecule has 1 aromatic rings. The highest BCUT2D eigenvalue weighted by Crippen LogP contribution is 2.61. The van der Waals surface area contributed by atoms with Crippen molar-refractivity contribution in [2.45, 2.75) is 70.3 Å². The molecule has 0 bridgehead atoms. The highest BCUT2D eigenvalue weighted by atomic mass is 16.5. The lowest BCUT2D eigenvalue weighted by atomic mass is 9.55. The number of fused-ring (bicyclic) bond motifs is 5. The molecule has 0 spiro atoms. The van der Waals surface area contributed by atoms with E-state index in [9.17, 15) is 0 Å². The van der Waals surface area contributed by atoms with Gasteiger partial charge in [-0.15, -0.1) is 0 Å². The van der Waals surface area contributed by atoms with Crippen molar-refractivity contribution < 1.29 is 4.74 Å². The topological polar surface area (TPSA) is 41.7 Å². The monoisotopic (exact) mass is 427 g/mol. The Balaban J connectivity index is 1.44. The third kappa shape index (κ3) is 4.67. The molecule has 3 aliphatic carbocycles. The van der Waals surface area contributed by atoms with E-state index in [1.165, 1.54) is 58.0 Å². The van der Waals surface area contributed by atoms with Crippen LogP contribution in [0.5, 0.6) is 5.75 Å². The van der Waals surface area contributed by atoms with Crippen LogP contribution in [0.25, 0.3) is 0 Å². The minimum atomic E-state index is 0.497. The van der Waals surface area contributed by atoms with E-state index in [0.717, 1.165) is 42.6 Å². The molecule has 0 aromatic heterocycles. The molecule has 4 heteroatoms. The van der Waals surface area contributed by atoms with Crippen molar-refractivity contribution in [3.05, 3.63) is 29.3 Å². The molecular formula is C27H45N3O. The summed E-state index contributed by atoms with van der Waals surface area (Å²) >= 11 is 0. The van der Waals surface area contributed by atoms with Crippen molar-refractivity contribution in [3.63, 3.8) is 0 Å². The molecule has 0 aliphatic heterocycles. The van der Waals surface area contributed by atoms with E-state index in [1.54, 1.807) is 11.1 Å². The predicted molar refractivity (Wildman–Crippen MR) is 130 cm³/mol. The summed E-state index contributed by atoms with van der Waals surface area (Å²) < 4.78 is 5.93. The molecule has 0 radical (unpaired) electrons. The molecule has 2 N–H and O–H groups in total. The Hall–Kier alpha value is -1.10. The summed E-state index contributed by atoms with van der Waals surface area (Å²) in [5.41, 5.74) is 9.28. The van der Waals surface area contributed by atoms with E-state index in [4.69, 9.17) is 10.5 Å². The zero-order valence-corrected chi connectivity index (χ0v) is 20.4. The molecule has 4 nitrogen and oxygen atoms in total. The molecule has 1 unspecified atom stereocenters. The van der Waals surface area contributed by atoms with Crippen LogP contribution >= 0.6 is 0 Å². The zero-order chi connectivity index (χ0) is 22.0. The lowest BCUT2D eigenvalue weighted by molar-refractivity contribution is 0.00697. The summed E-state index contributed by atoms with van der Waals surface area (Å²) in [6, 6.07) is 7.69. The molecule has 2 saturated carbocycles. The first-order valence-corrected chi connectivity index (χ1v) is 12.7. The number of aryl methyl sites for hydroxylation is 1. The largest absolute Gasteiger partial charge is 0.494 e. The molecule has 0 heterocycles. The van der Waals surface area contributed by atoms with Crippen LogP contribution in [0, 0.1) is 17.3 Å². The van der Waals surface area contributed by atoms with Crippen molar-refractivity contribution in [1.82, 2.24) is 9.80 Å². The van der Waals surface area contributed by atoms with Crippen molar-refractivity contribution in [1.29, 1.82) is 0 Å². The number of ether oxygens (including phenoxy) is 1. The van der Waals surface area contributed by atoms with Crippen molar-refractivity contribution in [3.8, 4) is 5.75 Å². The van der Waals surface area contributed by atoms with Gasteiger partial charge in [0.25, 0.3) is 0 Å². The summed E-state index contributed by atoms with van der Waals surface area (Å²) in [5, 5.41) is 0. The Morgan fingerprint density at radius 2 is 1.90 bits per heavy atom. The third-order valence-corrected chi connectivity index (χ3v) is 8.91. The van der Waals surface area contributed by atoms with Crippen LogP contribution in [0.4, 0.5) is 0 Å². The normalized spacial score (nSPS) is 32.1. The molecular weight excluding hydrogens is 382 g/mol. The van der Waals surface area contributed by atoms with Crippen LogP contribution in [0.1, 0.15) is 68.9 Å². The van der Waals surface area contributed by atoms with E-state index < -0.39 is 0 Å². The van der Waals surface area contributed by atoms with Crippen molar-refractivity contribution in [2.75, 3.05) is 47.4 Å². The van der Waals surface area contributed by atoms with Gasteiger partial charge >= 0.3 is 0 Å². The van der Waals surface area contributed by atoms with E-state index in [2.05, 4.69) is 56.1 Å². The van der Waals surface area contributed by atoms with Gasteiger partial charge in [0.2, 0.25) is 0 Å². The fourth-order valence-corrected chi connectivity index (χ4v) is 7.41. The fourth-order valence-electron chi connectivity index (χ4n) is 7.41. The van der Waals surface area contributed by atoms with Crippen LogP contribution in [0.3, 0.4) is 0 Å². The number of hydrogen-bond donors (Lipinski definition) is 1. The Labute approximate surface area is 190 Å². The summed E-state index contributed by atoms with van der Waals surface area (Å²) in [4.78, 5) is 5.03. The minimum absolute atomic E-state index is 0.497. The SMILES string of the molecule is CN(C)CCCN(C)C1CC[C@H]2[C@@H]3CCc4cc(OCCCN)ccc4[C@H]3CC[C@]12C. The number of nitrogens with two attached hydrogens (primary N) is 1. The van der Waals surface area contributed by atoms with Gasteiger partial charge in [0.1, 0.15) is 5.75 Å². The first-order chi connectivity index (χ1) is 14.9. The van der Waals surface area contributed by atoms with E-state index >= 15 is 0 Å². The lowest BCUT2D eigenvalue weighted by Gasteiger charge is -2.52. The van der Waals surface area contributed by atoms with Gasteiger partial charge in [-0.1, -0.05) is 13.0 Å². The Bertz CT molecular complexity index is 735. The first-order valence-electron chi connectivity index (χ1n) is 12.7. The molecule has 4 rings (SSSR count). The van der Waals surface area contributed by atoms with Gasteiger partial charge in [0, 0.05) is 6.04 Å². The van der Waals surface area contributed by atoms with Gasteiger partial charge in [-0.25, -0.2) is 0 Å². The van der Waals surface area contributed by atoms with Gasteiger partial charge in [-0.2, -0.15) is 0 Å². The number of rotatable bonds is 9. The highest BCUT2D eigenvalue weighted by Gasteiger charge is 2.55. The van der Waals surface area contributed by atoms with E-state index in [-0.39, 0.29) is 0 Å². The maximum Gasteiger partial charge on any atom is 0.119 e. The number of hydrogen-bond acceptors (Lipinski definition) is 4. The predicted octanol–water partition coefficient (Wildman–Crippen LogP) is 4.52. The highest BCUT2D eigenvalue weighted by molar-refractivity contribution is 5.40. The first kappa shape index (κ1) is 23.1. The van der Waals surface area contributed by atoms with E-state index in [1.807, 2.05) is 0 Å². The maximum absolute atomic E-state index is 5.93. The molecule has 0 saturated heterocycles. The van der Waals surface area contributed by atoms with Crippen LogP contribution < -0.4 is 10.5 Å². The Morgan fingerprint density at radius 1 is 1.06 bits per heavy atom. The van der Waals surface area contributed by atoms with Gasteiger partial charge in [-0.3, -0.25) is 0 Å². The molecule has 3 aliphatic rings. The molecule has 31 heavy (non-hydrogen) atoms. The van der Waals surface area contributed by atoms with Crippen LogP contribution in [0.15, 0.2) is 18.2 Å². The lowest BCUT2D eigenvalue weighted by Crippen LogP contribution is -2.49. The van der Waals surface area contributed by atoms with Gasteiger partial charge < -0.3 is 20.3 Å². The molecule has 5 atom stereocenters. The van der Waals surface area contributed by atoms with Crippen LogP contribution in [-0.2, 0) is 6.42 Å². The van der Waals surface area contributed by atoms with Gasteiger partial charge in [-0.05, 0) is 139 Å². The van der Waals surface area contributed by atoms with Crippen molar-refractivity contribution in [2.24, 2.45) is 23.0 Å². The van der Waals surface area contributed by atoms with E-state index in [0.29, 0.717) is 12.0 Å². The van der Waals surface area contributed by atoms with Crippen LogP contribution in [-0.4, -0.2) is 63.2 Å². The zero-order valence-electron chi connectivity index (χ0n) is 20.4. The molecule has 0 amide bonds. The smallest absolute Gasteiger partial charge is 0.119 e. The van der Waals surface area contributed by atoms with Crippen molar-refractivity contribution >= 4 is 0 Å². The number of benzene rings is 1. The standard InChI is InChI=1S/C27H45N3O/c1-27-14-13-23-22-10-8-21(31-18-5-15-28)19-20(22)7-9-24(23)25(27)11-12-26(27)30(4)17-6-16-29(2)3/h8,10,19,23-26H,5-7,9,11-18,28H2,1-4H3/t23-,24-,25+,26?,27+/m1/s1. The molecule has 2 fully saturated rings. The minimum Gasteiger partial charge on any atom is -0.494 e. The van der Waals surface area contributed by atoms with Crippen LogP contribution in [0.2, 0.25) is 0 Å². The summed E-state index contributed by atoms with van der Waals surface area (Å²) in [6.45, 7) is 6.48. The maximum atomic E-state index is 5.93. The summed E-state index contributed by atoms with van der Waals surface area (Å²) in [6.07, 6.45) is 10.3. The summed E-state index contributed by atoms with van der Waals surface area (Å²) in [7, 11) is 6.76. The third-order valence-electron chi connectivity index (χ3n) is 8.91. The summed E-state index contributed by atoms with van der Waals surface area (Å²) in [5.74, 6) is 3.56. The van der Waals surface area contributed by atoms with Gasteiger partial charge in [0.05, 0.1) is 6.61 Å².